The van der Waals surface area contributed by atoms with E-state index in [9.17, 15) is 0 Å². The van der Waals surface area contributed by atoms with Gasteiger partial charge in [-0.05, 0) is 36.2 Å². The highest BCUT2D eigenvalue weighted by Gasteiger charge is 2.18. The Morgan fingerprint density at radius 3 is 2.65 bits per heavy atom. The van der Waals surface area contributed by atoms with Crippen molar-refractivity contribution < 1.29 is 4.42 Å². The number of piperazine rings is 1. The molecule has 0 radical (unpaired) electrons. The van der Waals surface area contributed by atoms with Gasteiger partial charge in [-0.1, -0.05) is 18.2 Å². The second-order valence-corrected chi connectivity index (χ2v) is 8.01. The summed E-state index contributed by atoms with van der Waals surface area (Å²) >= 11 is 0. The Hall–Kier alpha value is -3.89. The summed E-state index contributed by atoms with van der Waals surface area (Å²) in [5.74, 6) is 2.11. The molecular weight excluding hydrogens is 430 g/mol. The summed E-state index contributed by atoms with van der Waals surface area (Å²) in [6, 6.07) is 13.9. The van der Waals surface area contributed by atoms with E-state index in [1.165, 1.54) is 5.56 Å². The minimum atomic E-state index is 0.395. The van der Waals surface area contributed by atoms with Gasteiger partial charge in [0.05, 0.1) is 6.54 Å². The van der Waals surface area contributed by atoms with Gasteiger partial charge < -0.3 is 20.4 Å². The van der Waals surface area contributed by atoms with Gasteiger partial charge in [0.25, 0.3) is 5.89 Å². The lowest BCUT2D eigenvalue weighted by Crippen LogP contribution is -2.42. The zero-order valence-electron chi connectivity index (χ0n) is 18.8. The van der Waals surface area contributed by atoms with Crippen molar-refractivity contribution >= 4 is 17.5 Å². The number of hydrogen-bond acceptors (Lipinski definition) is 10. The van der Waals surface area contributed by atoms with Gasteiger partial charge in [0.15, 0.2) is 0 Å². The third-order valence-corrected chi connectivity index (χ3v) is 5.54. The first-order valence-electron chi connectivity index (χ1n) is 11.4. The number of anilines is 3. The van der Waals surface area contributed by atoms with E-state index in [1.807, 2.05) is 42.5 Å². The summed E-state index contributed by atoms with van der Waals surface area (Å²) in [5.41, 5.74) is 2.76. The van der Waals surface area contributed by atoms with E-state index >= 15 is 0 Å². The molecule has 1 saturated heterocycles. The highest BCUT2D eigenvalue weighted by Crippen LogP contribution is 2.28. The number of benzene rings is 1. The Balaban J connectivity index is 1.34. The summed E-state index contributed by atoms with van der Waals surface area (Å²) < 4.78 is 6.00. The van der Waals surface area contributed by atoms with E-state index in [1.54, 1.807) is 18.6 Å². The Labute approximate surface area is 197 Å². The number of pyridine rings is 1. The lowest BCUT2D eigenvalue weighted by molar-refractivity contribution is 0.213. The van der Waals surface area contributed by atoms with Gasteiger partial charge in [0, 0.05) is 57.0 Å². The van der Waals surface area contributed by atoms with Crippen LogP contribution in [0.4, 0.5) is 17.5 Å². The maximum absolute atomic E-state index is 6.00. The SMILES string of the molecule is c1ccc(Nc2nc(NCCc3ccncc3)ncc2-c2nnc(CN3CCNCC3)o2)cc1. The smallest absolute Gasteiger partial charge is 0.253 e. The number of hydrogen-bond donors (Lipinski definition) is 3. The molecule has 1 aliphatic rings. The summed E-state index contributed by atoms with van der Waals surface area (Å²) in [6.07, 6.45) is 6.15. The highest BCUT2D eigenvalue weighted by molar-refractivity contribution is 5.73. The van der Waals surface area contributed by atoms with Gasteiger partial charge in [0.2, 0.25) is 11.8 Å². The molecule has 0 amide bonds. The number of nitrogens with zero attached hydrogens (tertiary/aromatic N) is 6. The zero-order chi connectivity index (χ0) is 23.0. The van der Waals surface area contributed by atoms with Crippen LogP contribution in [0.1, 0.15) is 11.5 Å². The number of nitrogens with one attached hydrogen (secondary N) is 3. The molecule has 5 rings (SSSR count). The largest absolute Gasteiger partial charge is 0.419 e. The predicted octanol–water partition coefficient (Wildman–Crippen LogP) is 2.73. The Morgan fingerprint density at radius 2 is 1.82 bits per heavy atom. The summed E-state index contributed by atoms with van der Waals surface area (Å²) in [6.45, 7) is 5.18. The average Bonchev–Trinajstić information content (AvgIpc) is 3.34. The molecule has 0 bridgehead atoms. The van der Waals surface area contributed by atoms with Crippen molar-refractivity contribution in [2.75, 3.05) is 43.4 Å². The maximum Gasteiger partial charge on any atom is 0.253 e. The van der Waals surface area contributed by atoms with E-state index < -0.39 is 0 Å². The van der Waals surface area contributed by atoms with Crippen LogP contribution >= 0.6 is 0 Å². The van der Waals surface area contributed by atoms with Crippen molar-refractivity contribution in [3.05, 3.63) is 72.5 Å². The fraction of sp³-hybridized carbons (Fsp3) is 0.292. The van der Waals surface area contributed by atoms with Crippen molar-refractivity contribution in [1.29, 1.82) is 0 Å². The summed E-state index contributed by atoms with van der Waals surface area (Å²) in [4.78, 5) is 15.6. The number of aromatic nitrogens is 5. The minimum absolute atomic E-state index is 0.395. The van der Waals surface area contributed by atoms with Gasteiger partial charge in [0.1, 0.15) is 11.4 Å². The lowest BCUT2D eigenvalue weighted by Gasteiger charge is -2.25. The van der Waals surface area contributed by atoms with Crippen LogP contribution in [0, 0.1) is 0 Å². The minimum Gasteiger partial charge on any atom is -0.419 e. The van der Waals surface area contributed by atoms with Crippen LogP contribution in [0.25, 0.3) is 11.5 Å². The van der Waals surface area contributed by atoms with Gasteiger partial charge in [-0.25, -0.2) is 4.98 Å². The molecule has 174 valence electrons. The molecule has 0 atom stereocenters. The first kappa shape index (κ1) is 21.9. The molecule has 3 aromatic heterocycles. The topological polar surface area (TPSA) is 117 Å². The van der Waals surface area contributed by atoms with Crippen molar-refractivity contribution in [3.8, 4) is 11.5 Å². The van der Waals surface area contributed by atoms with Crippen LogP contribution in [-0.4, -0.2) is 62.8 Å². The highest BCUT2D eigenvalue weighted by atomic mass is 16.4. The van der Waals surface area contributed by atoms with Gasteiger partial charge in [-0.15, -0.1) is 10.2 Å². The van der Waals surface area contributed by atoms with Gasteiger partial charge in [-0.2, -0.15) is 4.98 Å². The molecule has 1 aliphatic heterocycles. The molecule has 0 spiro atoms. The Morgan fingerprint density at radius 1 is 1.00 bits per heavy atom. The molecule has 4 aromatic rings. The van der Waals surface area contributed by atoms with E-state index in [0.717, 1.165) is 38.3 Å². The van der Waals surface area contributed by atoms with Gasteiger partial charge in [-0.3, -0.25) is 9.88 Å². The molecular formula is C24H27N9O. The van der Waals surface area contributed by atoms with Crippen LogP contribution in [0.15, 0.2) is 65.5 Å². The van der Waals surface area contributed by atoms with E-state index in [2.05, 4.69) is 41.0 Å². The molecule has 34 heavy (non-hydrogen) atoms. The molecule has 0 aliphatic carbocycles. The quantitative estimate of drug-likeness (QED) is 0.346. The normalized spacial score (nSPS) is 14.1. The van der Waals surface area contributed by atoms with Crippen molar-refractivity contribution in [2.45, 2.75) is 13.0 Å². The van der Waals surface area contributed by atoms with Crippen LogP contribution in [0.3, 0.4) is 0 Å². The van der Waals surface area contributed by atoms with Crippen LogP contribution < -0.4 is 16.0 Å². The molecule has 4 heterocycles. The van der Waals surface area contributed by atoms with Gasteiger partial charge >= 0.3 is 0 Å². The zero-order valence-corrected chi connectivity index (χ0v) is 18.8. The molecule has 10 heteroatoms. The van der Waals surface area contributed by atoms with Crippen molar-refractivity contribution in [3.63, 3.8) is 0 Å². The standard InChI is InChI=1S/C24H27N9O/c1-2-4-19(5-3-1)29-22-20(23-32-31-21(34-23)17-33-14-12-26-13-15-33)16-28-24(30-22)27-11-8-18-6-9-25-10-7-18/h1-7,9-10,16,26H,8,11-15,17H2,(H2,27,28,29,30). The predicted molar refractivity (Wildman–Crippen MR) is 130 cm³/mol. The third kappa shape index (κ3) is 5.72. The molecule has 10 nitrogen and oxygen atoms in total. The molecule has 0 saturated carbocycles. The first-order valence-corrected chi connectivity index (χ1v) is 11.4. The molecule has 0 unspecified atom stereocenters. The average molecular weight is 458 g/mol. The van der Waals surface area contributed by atoms with Crippen molar-refractivity contribution in [2.24, 2.45) is 0 Å². The lowest BCUT2D eigenvalue weighted by atomic mass is 10.2. The van der Waals surface area contributed by atoms with E-state index in [0.29, 0.717) is 42.2 Å². The number of para-hydroxylation sites is 1. The van der Waals surface area contributed by atoms with E-state index in [-0.39, 0.29) is 0 Å². The van der Waals surface area contributed by atoms with Crippen LogP contribution in [-0.2, 0) is 13.0 Å². The Kier molecular flexibility index (Phi) is 6.98. The second-order valence-electron chi connectivity index (χ2n) is 8.01. The summed E-state index contributed by atoms with van der Waals surface area (Å²) in [7, 11) is 0. The molecule has 3 N–H and O–H groups in total. The number of rotatable bonds is 9. The monoisotopic (exact) mass is 457 g/mol. The fourth-order valence-electron chi connectivity index (χ4n) is 3.73. The van der Waals surface area contributed by atoms with Crippen molar-refractivity contribution in [1.82, 2.24) is 35.4 Å². The van der Waals surface area contributed by atoms with Crippen LogP contribution in [0.5, 0.6) is 0 Å². The fourth-order valence-corrected chi connectivity index (χ4v) is 3.73. The maximum atomic E-state index is 6.00. The first-order chi connectivity index (χ1) is 16.8. The molecule has 1 aromatic carbocycles. The summed E-state index contributed by atoms with van der Waals surface area (Å²) in [5, 5.41) is 18.5. The van der Waals surface area contributed by atoms with Crippen LogP contribution in [0.2, 0.25) is 0 Å². The second kappa shape index (κ2) is 10.8. The van der Waals surface area contributed by atoms with E-state index in [4.69, 9.17) is 9.40 Å². The Bertz CT molecular complexity index is 1180. The molecule has 1 fully saturated rings. The third-order valence-electron chi connectivity index (χ3n) is 5.54.